The highest BCUT2D eigenvalue weighted by atomic mass is 16.5. The van der Waals surface area contributed by atoms with Crippen LogP contribution in [0.3, 0.4) is 0 Å². The minimum atomic E-state index is -0.0252. The molecule has 5 heteroatoms. The maximum atomic E-state index is 11.9. The molecule has 2 aromatic rings. The molecule has 2 aromatic carbocycles. The smallest absolute Gasteiger partial charge is 0.222 e. The maximum Gasteiger partial charge on any atom is 0.222 e. The Morgan fingerprint density at radius 1 is 1.17 bits per heavy atom. The van der Waals surface area contributed by atoms with Crippen molar-refractivity contribution < 1.29 is 14.6 Å². The van der Waals surface area contributed by atoms with E-state index in [4.69, 9.17) is 15.6 Å². The first-order chi connectivity index (χ1) is 11.6. The average molecular weight is 328 g/mol. The normalized spacial score (nSPS) is 10.4. The van der Waals surface area contributed by atoms with E-state index >= 15 is 0 Å². The zero-order chi connectivity index (χ0) is 17.4. The molecule has 0 unspecified atom stereocenters. The summed E-state index contributed by atoms with van der Waals surface area (Å²) < 4.78 is 5.75. The van der Waals surface area contributed by atoms with Gasteiger partial charge in [-0.05, 0) is 29.7 Å². The van der Waals surface area contributed by atoms with Gasteiger partial charge in [0.15, 0.2) is 0 Å². The summed E-state index contributed by atoms with van der Waals surface area (Å²) in [5.74, 6) is 0.651. The van der Waals surface area contributed by atoms with Crippen molar-refractivity contribution >= 4 is 11.6 Å². The molecule has 0 heterocycles. The van der Waals surface area contributed by atoms with E-state index < -0.39 is 0 Å². The summed E-state index contributed by atoms with van der Waals surface area (Å²) in [5, 5.41) is 8.85. The lowest BCUT2D eigenvalue weighted by molar-refractivity contribution is -0.130. The van der Waals surface area contributed by atoms with E-state index in [0.29, 0.717) is 37.4 Å². The van der Waals surface area contributed by atoms with Gasteiger partial charge in [0, 0.05) is 20.0 Å². The van der Waals surface area contributed by atoms with Gasteiger partial charge in [0.25, 0.3) is 0 Å². The predicted molar refractivity (Wildman–Crippen MR) is 94.7 cm³/mol. The molecule has 0 aliphatic carbocycles. The fourth-order valence-electron chi connectivity index (χ4n) is 2.34. The number of benzene rings is 2. The lowest BCUT2D eigenvalue weighted by atomic mass is 10.1. The zero-order valence-corrected chi connectivity index (χ0v) is 13.9. The van der Waals surface area contributed by atoms with Crippen molar-refractivity contribution in [3.63, 3.8) is 0 Å². The molecule has 128 valence electrons. The van der Waals surface area contributed by atoms with Crippen molar-refractivity contribution in [1.82, 2.24) is 4.90 Å². The van der Waals surface area contributed by atoms with Crippen molar-refractivity contribution in [1.29, 1.82) is 0 Å². The summed E-state index contributed by atoms with van der Waals surface area (Å²) in [5.41, 5.74) is 8.69. The average Bonchev–Trinajstić information content (AvgIpc) is 2.60. The molecular weight excluding hydrogens is 304 g/mol. The highest BCUT2D eigenvalue weighted by molar-refractivity contribution is 5.76. The molecule has 0 saturated carbocycles. The van der Waals surface area contributed by atoms with Crippen LogP contribution in [0, 0.1) is 0 Å². The summed E-state index contributed by atoms with van der Waals surface area (Å²) in [6, 6.07) is 15.5. The highest BCUT2D eigenvalue weighted by Crippen LogP contribution is 2.24. The molecule has 0 aromatic heterocycles. The fraction of sp³-hybridized carbons (Fsp3) is 0.316. The number of nitrogens with zero attached hydrogens (tertiary/aromatic N) is 1. The number of hydrogen-bond acceptors (Lipinski definition) is 4. The van der Waals surface area contributed by atoms with Gasteiger partial charge in [0.2, 0.25) is 5.91 Å². The van der Waals surface area contributed by atoms with Crippen LogP contribution < -0.4 is 10.5 Å². The number of nitrogen functional groups attached to an aromatic ring is 1. The van der Waals surface area contributed by atoms with Crippen LogP contribution in [-0.4, -0.2) is 36.1 Å². The van der Waals surface area contributed by atoms with Gasteiger partial charge in [-0.25, -0.2) is 0 Å². The van der Waals surface area contributed by atoms with Crippen molar-refractivity contribution in [3.05, 3.63) is 59.7 Å². The van der Waals surface area contributed by atoms with Gasteiger partial charge in [-0.2, -0.15) is 0 Å². The van der Waals surface area contributed by atoms with Crippen LogP contribution in [0.4, 0.5) is 5.69 Å². The van der Waals surface area contributed by atoms with E-state index in [-0.39, 0.29) is 12.5 Å². The third-order valence-electron chi connectivity index (χ3n) is 3.80. The van der Waals surface area contributed by atoms with Crippen molar-refractivity contribution in [2.75, 3.05) is 25.9 Å². The standard InChI is InChI=1S/C19H24N2O3/c1-21(11-12-22)19(23)10-8-15-7-9-18(17(20)13-15)24-14-16-5-3-2-4-6-16/h2-7,9,13,22H,8,10-12,14,20H2,1H3. The molecule has 0 fully saturated rings. The van der Waals surface area contributed by atoms with Gasteiger partial charge in [-0.1, -0.05) is 36.4 Å². The number of carbonyl (C=O) groups is 1. The number of nitrogens with two attached hydrogens (primary N) is 1. The molecule has 2 rings (SSSR count). The summed E-state index contributed by atoms with van der Waals surface area (Å²) in [6.45, 7) is 0.796. The molecule has 1 amide bonds. The van der Waals surface area contributed by atoms with Gasteiger partial charge in [0.05, 0.1) is 12.3 Å². The van der Waals surface area contributed by atoms with Gasteiger partial charge < -0.3 is 20.5 Å². The van der Waals surface area contributed by atoms with Gasteiger partial charge in [0.1, 0.15) is 12.4 Å². The van der Waals surface area contributed by atoms with Crippen molar-refractivity contribution in [2.24, 2.45) is 0 Å². The Kier molecular flexibility index (Phi) is 6.63. The molecule has 0 bridgehead atoms. The second kappa shape index (κ2) is 8.93. The van der Waals surface area contributed by atoms with Crippen molar-refractivity contribution in [2.45, 2.75) is 19.4 Å². The second-order valence-electron chi connectivity index (χ2n) is 5.69. The quantitative estimate of drug-likeness (QED) is 0.729. The number of likely N-dealkylation sites (N-methyl/N-ethyl adjacent to an activating group) is 1. The number of amides is 1. The number of hydrogen-bond donors (Lipinski definition) is 2. The summed E-state index contributed by atoms with van der Waals surface area (Å²) in [6.07, 6.45) is 0.998. The largest absolute Gasteiger partial charge is 0.487 e. The molecule has 0 spiro atoms. The maximum absolute atomic E-state index is 11.9. The predicted octanol–water partition coefficient (Wildman–Crippen LogP) is 2.23. The Bertz CT molecular complexity index is 659. The van der Waals surface area contributed by atoms with E-state index in [9.17, 15) is 4.79 Å². The summed E-state index contributed by atoms with van der Waals surface area (Å²) in [7, 11) is 1.69. The molecule has 0 aliphatic heterocycles. The molecule has 5 nitrogen and oxygen atoms in total. The second-order valence-corrected chi connectivity index (χ2v) is 5.69. The van der Waals surface area contributed by atoms with Gasteiger partial charge in [-0.3, -0.25) is 4.79 Å². The Morgan fingerprint density at radius 3 is 2.58 bits per heavy atom. The van der Waals surface area contributed by atoms with Gasteiger partial charge in [-0.15, -0.1) is 0 Å². The molecule has 0 atom stereocenters. The molecule has 3 N–H and O–H groups in total. The Morgan fingerprint density at radius 2 is 1.92 bits per heavy atom. The van der Waals surface area contributed by atoms with Gasteiger partial charge >= 0.3 is 0 Å². The van der Waals surface area contributed by atoms with E-state index in [1.165, 1.54) is 4.90 Å². The van der Waals surface area contributed by atoms with Crippen LogP contribution in [-0.2, 0) is 17.8 Å². The highest BCUT2D eigenvalue weighted by Gasteiger charge is 2.09. The van der Waals surface area contributed by atoms with Crippen LogP contribution in [0.2, 0.25) is 0 Å². The first-order valence-corrected chi connectivity index (χ1v) is 8.00. The van der Waals surface area contributed by atoms with Crippen molar-refractivity contribution in [3.8, 4) is 5.75 Å². The van der Waals surface area contributed by atoms with E-state index in [0.717, 1.165) is 11.1 Å². The Balaban J connectivity index is 1.88. The Labute approximate surface area is 142 Å². The number of aliphatic hydroxyl groups excluding tert-OH is 1. The first-order valence-electron chi connectivity index (χ1n) is 8.00. The number of aryl methyl sites for hydroxylation is 1. The van der Waals surface area contributed by atoms with Crippen LogP contribution in [0.1, 0.15) is 17.5 Å². The Hall–Kier alpha value is -2.53. The van der Waals surface area contributed by atoms with E-state index in [2.05, 4.69) is 0 Å². The SMILES string of the molecule is CN(CCO)C(=O)CCc1ccc(OCc2ccccc2)c(N)c1. The number of rotatable bonds is 8. The third kappa shape index (κ3) is 5.28. The number of aliphatic hydroxyl groups is 1. The van der Waals surface area contributed by atoms with Crippen LogP contribution in [0.5, 0.6) is 5.75 Å². The summed E-state index contributed by atoms with van der Waals surface area (Å²) in [4.78, 5) is 13.4. The number of anilines is 1. The van der Waals surface area contributed by atoms with Crippen LogP contribution in [0.15, 0.2) is 48.5 Å². The third-order valence-corrected chi connectivity index (χ3v) is 3.80. The lowest BCUT2D eigenvalue weighted by Crippen LogP contribution is -2.29. The number of carbonyl (C=O) groups excluding carboxylic acids is 1. The molecule has 0 aliphatic rings. The minimum absolute atomic E-state index is 0.00651. The number of ether oxygens (including phenoxy) is 1. The van der Waals surface area contributed by atoms with E-state index in [1.807, 2.05) is 48.5 Å². The van der Waals surface area contributed by atoms with E-state index in [1.54, 1.807) is 7.05 Å². The monoisotopic (exact) mass is 328 g/mol. The fourth-order valence-corrected chi connectivity index (χ4v) is 2.34. The first kappa shape index (κ1) is 17.8. The molecular formula is C19H24N2O3. The molecule has 0 saturated heterocycles. The molecule has 0 radical (unpaired) electrons. The molecule has 24 heavy (non-hydrogen) atoms. The van der Waals surface area contributed by atoms with Crippen LogP contribution in [0.25, 0.3) is 0 Å². The summed E-state index contributed by atoms with van der Waals surface area (Å²) >= 11 is 0. The lowest BCUT2D eigenvalue weighted by Gasteiger charge is -2.15. The van der Waals surface area contributed by atoms with Crippen LogP contribution >= 0.6 is 0 Å². The zero-order valence-electron chi connectivity index (χ0n) is 13.9. The minimum Gasteiger partial charge on any atom is -0.487 e. The topological polar surface area (TPSA) is 75.8 Å².